The highest BCUT2D eigenvalue weighted by Crippen LogP contribution is 2.19. The maximum atomic E-state index is 12.3. The highest BCUT2D eigenvalue weighted by atomic mass is 35.5. The zero-order chi connectivity index (χ0) is 13.9. The third-order valence-electron chi connectivity index (χ3n) is 2.77. The van der Waals surface area contributed by atoms with Crippen molar-refractivity contribution in [3.8, 4) is 0 Å². The van der Waals surface area contributed by atoms with Crippen molar-refractivity contribution in [2.24, 2.45) is 0 Å². The van der Waals surface area contributed by atoms with Gasteiger partial charge in [-0.25, -0.2) is 9.97 Å². The summed E-state index contributed by atoms with van der Waals surface area (Å²) in [6.07, 6.45) is 4.50. The van der Waals surface area contributed by atoms with Crippen LogP contribution in [0.4, 0.5) is 5.82 Å². The van der Waals surface area contributed by atoms with Crippen molar-refractivity contribution in [2.75, 3.05) is 5.32 Å². The van der Waals surface area contributed by atoms with Crippen molar-refractivity contribution in [1.82, 2.24) is 15.0 Å². The van der Waals surface area contributed by atoms with E-state index in [1.54, 1.807) is 6.20 Å². The molecule has 0 atom stereocenters. The summed E-state index contributed by atoms with van der Waals surface area (Å²) in [6, 6.07) is 9.37. The Hall–Kier alpha value is -2.53. The molecule has 6 heteroatoms. The van der Waals surface area contributed by atoms with E-state index in [2.05, 4.69) is 20.3 Å². The number of amides is 1. The molecule has 0 saturated carbocycles. The van der Waals surface area contributed by atoms with E-state index in [-0.39, 0.29) is 16.9 Å². The first-order valence-corrected chi connectivity index (χ1v) is 6.25. The SMILES string of the molecule is O=C(Nc1nccnc1Cl)c1nccc2ccccc12. The van der Waals surface area contributed by atoms with E-state index in [1.165, 1.54) is 12.4 Å². The summed E-state index contributed by atoms with van der Waals surface area (Å²) in [5, 5.41) is 4.46. The van der Waals surface area contributed by atoms with Gasteiger partial charge in [0, 0.05) is 24.0 Å². The van der Waals surface area contributed by atoms with Gasteiger partial charge < -0.3 is 5.32 Å². The van der Waals surface area contributed by atoms with E-state index in [1.807, 2.05) is 30.3 Å². The van der Waals surface area contributed by atoms with Crippen LogP contribution in [0.15, 0.2) is 48.9 Å². The molecule has 0 unspecified atom stereocenters. The summed E-state index contributed by atoms with van der Waals surface area (Å²) < 4.78 is 0. The van der Waals surface area contributed by atoms with Gasteiger partial charge in [-0.05, 0) is 11.5 Å². The van der Waals surface area contributed by atoms with Crippen LogP contribution in [0, 0.1) is 0 Å². The molecule has 1 N–H and O–H groups in total. The summed E-state index contributed by atoms with van der Waals surface area (Å²) >= 11 is 5.87. The van der Waals surface area contributed by atoms with Gasteiger partial charge in [0.1, 0.15) is 5.69 Å². The smallest absolute Gasteiger partial charge is 0.276 e. The number of pyridine rings is 1. The number of benzene rings is 1. The number of hydrogen-bond donors (Lipinski definition) is 1. The number of anilines is 1. The number of carbonyl (C=O) groups excluding carboxylic acids is 1. The monoisotopic (exact) mass is 284 g/mol. The van der Waals surface area contributed by atoms with Crippen LogP contribution in [0.25, 0.3) is 10.8 Å². The molecule has 0 aliphatic heterocycles. The molecule has 5 nitrogen and oxygen atoms in total. The van der Waals surface area contributed by atoms with E-state index in [4.69, 9.17) is 11.6 Å². The zero-order valence-electron chi connectivity index (χ0n) is 10.2. The Morgan fingerprint density at radius 3 is 2.65 bits per heavy atom. The lowest BCUT2D eigenvalue weighted by Crippen LogP contribution is -2.15. The molecule has 98 valence electrons. The number of fused-ring (bicyclic) bond motifs is 1. The number of carbonyl (C=O) groups is 1. The molecule has 0 aliphatic rings. The molecular weight excluding hydrogens is 276 g/mol. The highest BCUT2D eigenvalue weighted by molar-refractivity contribution is 6.32. The molecule has 0 radical (unpaired) electrons. The average Bonchev–Trinajstić information content (AvgIpc) is 2.49. The number of hydrogen-bond acceptors (Lipinski definition) is 4. The quantitative estimate of drug-likeness (QED) is 0.785. The minimum Gasteiger partial charge on any atom is -0.303 e. The van der Waals surface area contributed by atoms with Gasteiger partial charge in [0.05, 0.1) is 0 Å². The van der Waals surface area contributed by atoms with Crippen LogP contribution >= 0.6 is 11.6 Å². The molecular formula is C14H9ClN4O. The Labute approximate surface area is 119 Å². The number of nitrogens with zero attached hydrogens (tertiary/aromatic N) is 3. The second-order valence-electron chi connectivity index (χ2n) is 4.03. The maximum Gasteiger partial charge on any atom is 0.276 e. The van der Waals surface area contributed by atoms with Gasteiger partial charge in [0.25, 0.3) is 5.91 Å². The highest BCUT2D eigenvalue weighted by Gasteiger charge is 2.13. The molecule has 3 aromatic rings. The van der Waals surface area contributed by atoms with E-state index in [9.17, 15) is 4.79 Å². The van der Waals surface area contributed by atoms with Crippen molar-refractivity contribution in [2.45, 2.75) is 0 Å². The van der Waals surface area contributed by atoms with Gasteiger partial charge in [-0.3, -0.25) is 9.78 Å². The molecule has 3 rings (SSSR count). The number of nitrogens with one attached hydrogen (secondary N) is 1. The van der Waals surface area contributed by atoms with Crippen LogP contribution in [0.1, 0.15) is 10.5 Å². The maximum absolute atomic E-state index is 12.3. The minimum atomic E-state index is -0.371. The van der Waals surface area contributed by atoms with Gasteiger partial charge in [-0.15, -0.1) is 0 Å². The third kappa shape index (κ3) is 2.31. The first-order chi connectivity index (χ1) is 9.75. The Balaban J connectivity index is 1.99. The lowest BCUT2D eigenvalue weighted by molar-refractivity contribution is 0.102. The van der Waals surface area contributed by atoms with Crippen molar-refractivity contribution in [3.63, 3.8) is 0 Å². The van der Waals surface area contributed by atoms with Gasteiger partial charge in [0.15, 0.2) is 11.0 Å². The predicted octanol–water partition coefficient (Wildman–Crippen LogP) is 2.93. The number of halogens is 1. The Morgan fingerprint density at radius 1 is 1.00 bits per heavy atom. The summed E-state index contributed by atoms with van der Waals surface area (Å²) in [6.45, 7) is 0. The molecule has 0 fully saturated rings. The van der Waals surface area contributed by atoms with Crippen molar-refractivity contribution in [3.05, 3.63) is 59.8 Å². The second kappa shape index (κ2) is 5.22. The summed E-state index contributed by atoms with van der Waals surface area (Å²) in [5.41, 5.74) is 0.324. The first kappa shape index (κ1) is 12.5. The fourth-order valence-corrected chi connectivity index (χ4v) is 2.02. The molecule has 0 spiro atoms. The van der Waals surface area contributed by atoms with Crippen LogP contribution in [0.2, 0.25) is 5.15 Å². The van der Waals surface area contributed by atoms with Gasteiger partial charge in [-0.1, -0.05) is 35.9 Å². The molecule has 1 aromatic carbocycles. The largest absolute Gasteiger partial charge is 0.303 e. The van der Waals surface area contributed by atoms with Crippen LogP contribution < -0.4 is 5.32 Å². The summed E-state index contributed by atoms with van der Waals surface area (Å²) in [4.78, 5) is 24.2. The Morgan fingerprint density at radius 2 is 1.80 bits per heavy atom. The van der Waals surface area contributed by atoms with Gasteiger partial charge in [0.2, 0.25) is 0 Å². The lowest BCUT2D eigenvalue weighted by atomic mass is 10.1. The van der Waals surface area contributed by atoms with Crippen LogP contribution in [0.5, 0.6) is 0 Å². The second-order valence-corrected chi connectivity index (χ2v) is 4.39. The first-order valence-electron chi connectivity index (χ1n) is 5.87. The standard InChI is InChI=1S/C14H9ClN4O/c15-12-13(18-8-7-17-12)19-14(20)11-10-4-2-1-3-9(10)5-6-16-11/h1-8H,(H,18,19,20). The Bertz CT molecular complexity index is 785. The molecule has 0 aliphatic carbocycles. The molecule has 0 bridgehead atoms. The molecule has 2 heterocycles. The van der Waals surface area contributed by atoms with E-state index in [0.717, 1.165) is 10.8 Å². The predicted molar refractivity (Wildman–Crippen MR) is 76.7 cm³/mol. The van der Waals surface area contributed by atoms with Crippen molar-refractivity contribution in [1.29, 1.82) is 0 Å². The zero-order valence-corrected chi connectivity index (χ0v) is 11.0. The third-order valence-corrected chi connectivity index (χ3v) is 3.05. The fraction of sp³-hybridized carbons (Fsp3) is 0. The lowest BCUT2D eigenvalue weighted by Gasteiger charge is -2.07. The average molecular weight is 285 g/mol. The van der Waals surface area contributed by atoms with Gasteiger partial charge in [-0.2, -0.15) is 0 Å². The Kier molecular flexibility index (Phi) is 3.26. The normalized spacial score (nSPS) is 10.4. The van der Waals surface area contributed by atoms with Crippen molar-refractivity contribution < 1.29 is 4.79 Å². The van der Waals surface area contributed by atoms with E-state index < -0.39 is 0 Å². The fourth-order valence-electron chi connectivity index (χ4n) is 1.87. The van der Waals surface area contributed by atoms with E-state index in [0.29, 0.717) is 5.69 Å². The van der Waals surface area contributed by atoms with Crippen LogP contribution in [0.3, 0.4) is 0 Å². The molecule has 2 aromatic heterocycles. The number of rotatable bonds is 2. The molecule has 0 saturated heterocycles. The summed E-state index contributed by atoms with van der Waals surface area (Å²) in [7, 11) is 0. The minimum absolute atomic E-state index is 0.140. The van der Waals surface area contributed by atoms with Crippen LogP contribution in [-0.2, 0) is 0 Å². The van der Waals surface area contributed by atoms with Crippen molar-refractivity contribution >= 4 is 34.1 Å². The van der Waals surface area contributed by atoms with Crippen LogP contribution in [-0.4, -0.2) is 20.9 Å². The molecule has 20 heavy (non-hydrogen) atoms. The number of aromatic nitrogens is 3. The van der Waals surface area contributed by atoms with Gasteiger partial charge >= 0.3 is 0 Å². The summed E-state index contributed by atoms with van der Waals surface area (Å²) in [5.74, 6) is -0.155. The topological polar surface area (TPSA) is 67.8 Å². The molecule has 1 amide bonds. The van der Waals surface area contributed by atoms with E-state index >= 15 is 0 Å².